The standard InChI is InChI=1S/C57H44N2Si/c1-56(2)50-23-15-16-38-24-25-39-34-43(36-53(56)55(39)54(38)50)59(41-28-26-40(58-5)27-29-41)42-30-32-48-49-33-31-47(37-52(49)57(3,4)51(48)35-42)60(44-17-9-6-10-18-44,45-19-11-7-12-20-45)46-21-13-8-14-22-46/h6-37H,1-4H3. The molecule has 0 aromatic heterocycles. The first-order valence-electron chi connectivity index (χ1n) is 21.0. The SMILES string of the molecule is [C-]#[N+]c1ccc(N(c2ccc3c(c2)C(C)(C)c2cc([Si](c4ccccc4)(c4ccccc4)c4ccccc4)ccc2-3)c2cc3c4c(ccc5cccc(c54)C3(C)C)c2)cc1. The second kappa shape index (κ2) is 13.3. The molecule has 9 aromatic carbocycles. The van der Waals surface area contributed by atoms with E-state index in [0.717, 1.165) is 17.1 Å². The maximum absolute atomic E-state index is 7.70. The molecule has 2 nitrogen and oxygen atoms in total. The van der Waals surface area contributed by atoms with E-state index in [0.29, 0.717) is 5.69 Å². The lowest BCUT2D eigenvalue weighted by Gasteiger charge is -2.35. The largest absolute Gasteiger partial charge is 0.311 e. The molecule has 2 aliphatic rings. The van der Waals surface area contributed by atoms with Crippen molar-refractivity contribution in [3.05, 3.63) is 228 Å². The van der Waals surface area contributed by atoms with Crippen molar-refractivity contribution in [1.29, 1.82) is 0 Å². The van der Waals surface area contributed by atoms with Crippen molar-refractivity contribution in [2.24, 2.45) is 0 Å². The Bertz CT molecular complexity index is 3100. The van der Waals surface area contributed by atoms with Gasteiger partial charge in [0, 0.05) is 27.9 Å². The monoisotopic (exact) mass is 784 g/mol. The molecule has 0 bridgehead atoms. The predicted octanol–water partition coefficient (Wildman–Crippen LogP) is 12.3. The lowest BCUT2D eigenvalue weighted by atomic mass is 9.81. The Morgan fingerprint density at radius 3 is 1.53 bits per heavy atom. The molecule has 3 heteroatoms. The fraction of sp³-hybridized carbons (Fsp3) is 0.105. The number of nitrogens with zero attached hydrogens (tertiary/aromatic N) is 2. The summed E-state index contributed by atoms with van der Waals surface area (Å²) in [6.45, 7) is 17.2. The third-order valence-corrected chi connectivity index (χ3v) is 18.5. The van der Waals surface area contributed by atoms with E-state index >= 15 is 0 Å². The van der Waals surface area contributed by atoms with Crippen LogP contribution in [0, 0.1) is 6.57 Å². The predicted molar refractivity (Wildman–Crippen MR) is 256 cm³/mol. The van der Waals surface area contributed by atoms with Crippen LogP contribution in [0.2, 0.25) is 0 Å². The first kappa shape index (κ1) is 36.1. The summed E-state index contributed by atoms with van der Waals surface area (Å²) in [5.74, 6) is 0. The van der Waals surface area contributed by atoms with Gasteiger partial charge in [-0.15, -0.1) is 0 Å². The summed E-state index contributed by atoms with van der Waals surface area (Å²) in [5.41, 5.74) is 11.5. The summed E-state index contributed by atoms with van der Waals surface area (Å²) in [7, 11) is -2.72. The second-order valence-corrected chi connectivity index (χ2v) is 21.4. The molecular weight excluding hydrogens is 741 g/mol. The van der Waals surface area contributed by atoms with E-state index < -0.39 is 8.07 Å². The molecule has 0 radical (unpaired) electrons. The zero-order valence-corrected chi connectivity index (χ0v) is 35.4. The van der Waals surface area contributed by atoms with Crippen LogP contribution in [-0.2, 0) is 10.8 Å². The summed E-state index contributed by atoms with van der Waals surface area (Å²) in [5, 5.41) is 10.8. The van der Waals surface area contributed by atoms with Crippen LogP contribution < -0.4 is 25.6 Å². The molecule has 11 rings (SSSR count). The number of hydrogen-bond donors (Lipinski definition) is 0. The van der Waals surface area contributed by atoms with Crippen LogP contribution in [0.4, 0.5) is 22.7 Å². The van der Waals surface area contributed by atoms with Gasteiger partial charge in [0.05, 0.1) is 6.57 Å². The molecule has 286 valence electrons. The molecule has 0 amide bonds. The van der Waals surface area contributed by atoms with Crippen LogP contribution >= 0.6 is 0 Å². The van der Waals surface area contributed by atoms with E-state index in [1.54, 1.807) is 0 Å². The van der Waals surface area contributed by atoms with E-state index in [2.05, 4.69) is 219 Å². The lowest BCUT2D eigenvalue weighted by Crippen LogP contribution is -2.74. The molecule has 0 heterocycles. The molecule has 60 heavy (non-hydrogen) atoms. The Morgan fingerprint density at radius 1 is 0.400 bits per heavy atom. The number of hydrogen-bond acceptors (Lipinski definition) is 1. The summed E-state index contributed by atoms with van der Waals surface area (Å²) in [6, 6.07) is 72.2. The van der Waals surface area contributed by atoms with Crippen molar-refractivity contribution in [3.63, 3.8) is 0 Å². The Balaban J connectivity index is 1.09. The van der Waals surface area contributed by atoms with Gasteiger partial charge in [0.2, 0.25) is 0 Å². The molecule has 0 saturated carbocycles. The molecular formula is C57H44N2Si. The highest BCUT2D eigenvalue weighted by Crippen LogP contribution is 2.53. The van der Waals surface area contributed by atoms with Crippen molar-refractivity contribution in [3.8, 4) is 11.1 Å². The van der Waals surface area contributed by atoms with Gasteiger partial charge >= 0.3 is 0 Å². The third kappa shape index (κ3) is 5.11. The highest BCUT2D eigenvalue weighted by Gasteiger charge is 2.44. The van der Waals surface area contributed by atoms with Crippen molar-refractivity contribution in [2.45, 2.75) is 38.5 Å². The minimum Gasteiger partial charge on any atom is -0.311 e. The van der Waals surface area contributed by atoms with Crippen LogP contribution in [0.15, 0.2) is 194 Å². The quantitative estimate of drug-likeness (QED) is 0.0676. The van der Waals surface area contributed by atoms with E-state index in [4.69, 9.17) is 6.57 Å². The van der Waals surface area contributed by atoms with Crippen LogP contribution in [0.5, 0.6) is 0 Å². The minimum atomic E-state index is -2.72. The molecule has 0 fully saturated rings. The van der Waals surface area contributed by atoms with Gasteiger partial charge in [-0.2, -0.15) is 0 Å². The highest BCUT2D eigenvalue weighted by molar-refractivity contribution is 7.19. The van der Waals surface area contributed by atoms with Crippen LogP contribution in [0.1, 0.15) is 49.9 Å². The van der Waals surface area contributed by atoms with Gasteiger partial charge in [0.25, 0.3) is 0 Å². The minimum absolute atomic E-state index is 0.145. The Morgan fingerprint density at radius 2 is 0.917 bits per heavy atom. The topological polar surface area (TPSA) is 7.60 Å². The lowest BCUT2D eigenvalue weighted by molar-refractivity contribution is 0.661. The third-order valence-electron chi connectivity index (χ3n) is 13.8. The summed E-state index contributed by atoms with van der Waals surface area (Å²) in [6.07, 6.45) is 0. The maximum atomic E-state index is 7.70. The van der Waals surface area contributed by atoms with E-state index in [1.807, 2.05) is 12.1 Å². The molecule has 9 aromatic rings. The molecule has 0 N–H and O–H groups in total. The van der Waals surface area contributed by atoms with E-state index in [9.17, 15) is 0 Å². The molecule has 0 atom stereocenters. The Kier molecular flexibility index (Phi) is 7.98. The Labute approximate surface area is 353 Å². The number of benzene rings is 9. The van der Waals surface area contributed by atoms with Crippen molar-refractivity contribution in [1.82, 2.24) is 0 Å². The van der Waals surface area contributed by atoms with Gasteiger partial charge in [-0.3, -0.25) is 0 Å². The zero-order valence-electron chi connectivity index (χ0n) is 34.4. The number of fused-ring (bicyclic) bond motifs is 3. The fourth-order valence-electron chi connectivity index (χ4n) is 10.8. The smallest absolute Gasteiger partial charge is 0.187 e. The van der Waals surface area contributed by atoms with Crippen LogP contribution in [-0.4, -0.2) is 8.07 Å². The van der Waals surface area contributed by atoms with Gasteiger partial charge in [0.15, 0.2) is 13.8 Å². The first-order valence-corrected chi connectivity index (χ1v) is 23.0. The van der Waals surface area contributed by atoms with Gasteiger partial charge in [-0.05, 0) is 112 Å². The average Bonchev–Trinajstić information content (AvgIpc) is 3.66. The fourth-order valence-corrected chi connectivity index (χ4v) is 15.6. The van der Waals surface area contributed by atoms with Gasteiger partial charge in [-0.1, -0.05) is 185 Å². The summed E-state index contributed by atoms with van der Waals surface area (Å²) in [4.78, 5) is 6.13. The number of anilines is 3. The van der Waals surface area contributed by atoms with Crippen molar-refractivity contribution in [2.75, 3.05) is 4.90 Å². The van der Waals surface area contributed by atoms with E-state index in [1.165, 1.54) is 75.7 Å². The molecule has 0 spiro atoms. The highest BCUT2D eigenvalue weighted by atomic mass is 28.3. The summed E-state index contributed by atoms with van der Waals surface area (Å²) < 4.78 is 0. The Hall–Kier alpha value is -6.99. The summed E-state index contributed by atoms with van der Waals surface area (Å²) >= 11 is 0. The van der Waals surface area contributed by atoms with E-state index in [-0.39, 0.29) is 10.8 Å². The van der Waals surface area contributed by atoms with Crippen molar-refractivity contribution >= 4 is 73.1 Å². The number of rotatable bonds is 7. The normalized spacial score (nSPS) is 14.2. The zero-order chi connectivity index (χ0) is 40.8. The van der Waals surface area contributed by atoms with Crippen LogP contribution in [0.25, 0.3) is 37.5 Å². The molecule has 0 unspecified atom stereocenters. The van der Waals surface area contributed by atoms with Crippen molar-refractivity contribution < 1.29 is 0 Å². The van der Waals surface area contributed by atoms with Gasteiger partial charge in [-0.25, -0.2) is 4.85 Å². The van der Waals surface area contributed by atoms with Crippen LogP contribution in [0.3, 0.4) is 0 Å². The first-order chi connectivity index (χ1) is 29.2. The molecule has 0 saturated heterocycles. The maximum Gasteiger partial charge on any atom is 0.187 e. The molecule has 2 aliphatic carbocycles. The van der Waals surface area contributed by atoms with Gasteiger partial charge in [0.1, 0.15) is 0 Å². The van der Waals surface area contributed by atoms with Gasteiger partial charge < -0.3 is 4.90 Å². The average molecular weight is 785 g/mol. The molecule has 0 aliphatic heterocycles. The second-order valence-electron chi connectivity index (χ2n) is 17.6.